The predicted molar refractivity (Wildman–Crippen MR) is 86.2 cm³/mol. The molecule has 2 nitrogen and oxygen atoms in total. The molecule has 0 unspecified atom stereocenters. The van der Waals surface area contributed by atoms with Gasteiger partial charge in [0.05, 0.1) is 11.6 Å². The second kappa shape index (κ2) is 6.11. The van der Waals surface area contributed by atoms with Crippen LogP contribution in [0.25, 0.3) is 0 Å². The summed E-state index contributed by atoms with van der Waals surface area (Å²) in [6, 6.07) is 20.2. The lowest BCUT2D eigenvalue weighted by Gasteiger charge is -2.27. The lowest BCUT2D eigenvalue weighted by molar-refractivity contribution is 0.997. The molecule has 21 heavy (non-hydrogen) atoms. The van der Waals surface area contributed by atoms with Gasteiger partial charge in [0.25, 0.3) is 0 Å². The fraction of sp³-hybridized carbons (Fsp3) is 0.105. The Bertz CT molecular complexity index is 721. The van der Waals surface area contributed by atoms with Gasteiger partial charge >= 0.3 is 0 Å². The van der Waals surface area contributed by atoms with E-state index in [1.165, 1.54) is 0 Å². The van der Waals surface area contributed by atoms with Gasteiger partial charge in [-0.3, -0.25) is 0 Å². The molecule has 3 rings (SSSR count). The molecule has 2 heteroatoms. The summed E-state index contributed by atoms with van der Waals surface area (Å²) < 4.78 is 0. The molecular weight excluding hydrogens is 256 g/mol. The molecule has 0 N–H and O–H groups in total. The van der Waals surface area contributed by atoms with Gasteiger partial charge in [-0.25, -0.2) is 0 Å². The number of nitriles is 1. The van der Waals surface area contributed by atoms with Crippen LogP contribution >= 0.6 is 0 Å². The zero-order chi connectivity index (χ0) is 14.5. The minimum atomic E-state index is 0.675. The number of benzene rings is 2. The van der Waals surface area contributed by atoms with Crippen molar-refractivity contribution in [3.05, 3.63) is 84.1 Å². The van der Waals surface area contributed by atoms with Gasteiger partial charge in [0.1, 0.15) is 0 Å². The van der Waals surface area contributed by atoms with E-state index in [-0.39, 0.29) is 0 Å². The van der Waals surface area contributed by atoms with Gasteiger partial charge < -0.3 is 4.90 Å². The van der Waals surface area contributed by atoms with Gasteiger partial charge in [-0.2, -0.15) is 5.26 Å². The third kappa shape index (κ3) is 2.88. The molecule has 2 aromatic carbocycles. The van der Waals surface area contributed by atoms with Gasteiger partial charge in [-0.1, -0.05) is 36.4 Å². The van der Waals surface area contributed by atoms with Crippen molar-refractivity contribution in [3.63, 3.8) is 0 Å². The normalized spacial score (nSPS) is 13.4. The first-order valence-electron chi connectivity index (χ1n) is 7.10. The summed E-state index contributed by atoms with van der Waals surface area (Å²) >= 11 is 0. The predicted octanol–water partition coefficient (Wildman–Crippen LogP) is 4.93. The Kier molecular flexibility index (Phi) is 3.84. The highest BCUT2D eigenvalue weighted by Crippen LogP contribution is 2.32. The number of rotatable bonds is 3. The Morgan fingerprint density at radius 1 is 0.905 bits per heavy atom. The highest BCUT2D eigenvalue weighted by atomic mass is 15.1. The Morgan fingerprint density at radius 3 is 2.43 bits per heavy atom. The molecule has 0 saturated heterocycles. The Morgan fingerprint density at radius 2 is 1.71 bits per heavy atom. The molecule has 0 fully saturated rings. The fourth-order valence-electron chi connectivity index (χ4n) is 2.50. The first kappa shape index (κ1) is 13.2. The second-order valence-electron chi connectivity index (χ2n) is 4.94. The quantitative estimate of drug-likeness (QED) is 0.792. The smallest absolute Gasteiger partial charge is 0.0992 e. The molecule has 0 bridgehead atoms. The van der Waals surface area contributed by atoms with Crippen molar-refractivity contribution in [1.29, 1.82) is 5.26 Å². The summed E-state index contributed by atoms with van der Waals surface area (Å²) in [6.07, 6.45) is 8.72. The summed E-state index contributed by atoms with van der Waals surface area (Å²) in [5, 5.41) is 9.13. The van der Waals surface area contributed by atoms with Crippen LogP contribution in [0.15, 0.2) is 78.5 Å². The standard InChI is InChI=1S/C19H16N2/c20-15-16-8-7-13-19(14-16)21(17-9-3-1-4-10-17)18-11-5-2-6-12-18/h1,3-5,7-14H,2,6H2. The van der Waals surface area contributed by atoms with Gasteiger partial charge in [0.15, 0.2) is 0 Å². The first-order chi connectivity index (χ1) is 10.4. The van der Waals surface area contributed by atoms with Crippen LogP contribution in [-0.4, -0.2) is 0 Å². The average Bonchev–Trinajstić information content (AvgIpc) is 2.57. The van der Waals surface area contributed by atoms with Crippen molar-refractivity contribution in [2.24, 2.45) is 0 Å². The maximum atomic E-state index is 9.13. The maximum absolute atomic E-state index is 9.13. The Hall–Kier alpha value is -2.79. The van der Waals surface area contributed by atoms with E-state index in [1.807, 2.05) is 42.5 Å². The van der Waals surface area contributed by atoms with Crippen molar-refractivity contribution in [2.45, 2.75) is 12.8 Å². The molecule has 0 heterocycles. The van der Waals surface area contributed by atoms with E-state index in [9.17, 15) is 0 Å². The van der Waals surface area contributed by atoms with Crippen LogP contribution in [0.3, 0.4) is 0 Å². The molecule has 0 aromatic heterocycles. The fourth-order valence-corrected chi connectivity index (χ4v) is 2.50. The molecule has 0 atom stereocenters. The van der Waals surface area contributed by atoms with Crippen LogP contribution in [0.5, 0.6) is 0 Å². The van der Waals surface area contributed by atoms with E-state index >= 15 is 0 Å². The Balaban J connectivity index is 2.10. The molecular formula is C19H16N2. The van der Waals surface area contributed by atoms with E-state index in [0.29, 0.717) is 5.56 Å². The molecule has 0 saturated carbocycles. The largest absolute Gasteiger partial charge is 0.311 e. The molecule has 102 valence electrons. The van der Waals surface area contributed by atoms with Crippen LogP contribution in [0.2, 0.25) is 0 Å². The second-order valence-corrected chi connectivity index (χ2v) is 4.94. The van der Waals surface area contributed by atoms with Crippen molar-refractivity contribution < 1.29 is 0 Å². The number of anilines is 2. The number of nitrogens with zero attached hydrogens (tertiary/aromatic N) is 2. The van der Waals surface area contributed by atoms with E-state index in [1.54, 1.807) is 0 Å². The van der Waals surface area contributed by atoms with Crippen LogP contribution in [0, 0.1) is 11.3 Å². The summed E-state index contributed by atoms with van der Waals surface area (Å²) in [7, 11) is 0. The zero-order valence-corrected chi connectivity index (χ0v) is 11.7. The van der Waals surface area contributed by atoms with Gasteiger partial charge in [-0.15, -0.1) is 0 Å². The zero-order valence-electron chi connectivity index (χ0n) is 11.7. The lowest BCUT2D eigenvalue weighted by atomic mass is 10.1. The highest BCUT2D eigenvalue weighted by molar-refractivity contribution is 5.71. The summed E-state index contributed by atoms with van der Waals surface area (Å²) in [5.41, 5.74) is 3.94. The van der Waals surface area contributed by atoms with Gasteiger partial charge in [0, 0.05) is 17.1 Å². The van der Waals surface area contributed by atoms with Crippen LogP contribution in [-0.2, 0) is 0 Å². The van der Waals surface area contributed by atoms with Crippen LogP contribution in [0.1, 0.15) is 18.4 Å². The molecule has 1 aliphatic carbocycles. The van der Waals surface area contributed by atoms with Crippen LogP contribution < -0.4 is 4.90 Å². The van der Waals surface area contributed by atoms with Crippen molar-refractivity contribution in [1.82, 2.24) is 0 Å². The maximum Gasteiger partial charge on any atom is 0.0992 e. The molecule has 0 amide bonds. The molecule has 1 aliphatic rings. The minimum Gasteiger partial charge on any atom is -0.311 e. The molecule has 0 spiro atoms. The average molecular weight is 272 g/mol. The van der Waals surface area contributed by atoms with Crippen molar-refractivity contribution in [2.75, 3.05) is 4.90 Å². The summed E-state index contributed by atoms with van der Waals surface area (Å²) in [6.45, 7) is 0. The molecule has 0 aliphatic heterocycles. The number of para-hydroxylation sites is 1. The molecule has 2 aromatic rings. The van der Waals surface area contributed by atoms with Crippen molar-refractivity contribution in [3.8, 4) is 6.07 Å². The molecule has 0 radical (unpaired) electrons. The topological polar surface area (TPSA) is 27.0 Å². The number of hydrogen-bond acceptors (Lipinski definition) is 2. The third-order valence-corrected chi connectivity index (χ3v) is 3.48. The third-order valence-electron chi connectivity index (χ3n) is 3.48. The number of allylic oxidation sites excluding steroid dienone is 3. The van der Waals surface area contributed by atoms with Gasteiger partial charge in [0.2, 0.25) is 0 Å². The van der Waals surface area contributed by atoms with E-state index in [0.717, 1.165) is 29.9 Å². The van der Waals surface area contributed by atoms with E-state index in [4.69, 9.17) is 5.26 Å². The minimum absolute atomic E-state index is 0.675. The van der Waals surface area contributed by atoms with E-state index in [2.05, 4.69) is 41.3 Å². The highest BCUT2D eigenvalue weighted by Gasteiger charge is 2.14. The number of hydrogen-bond donors (Lipinski definition) is 0. The summed E-state index contributed by atoms with van der Waals surface area (Å²) in [4.78, 5) is 2.19. The van der Waals surface area contributed by atoms with Crippen molar-refractivity contribution >= 4 is 11.4 Å². The summed E-state index contributed by atoms with van der Waals surface area (Å²) in [5.74, 6) is 0. The lowest BCUT2D eigenvalue weighted by Crippen LogP contribution is -2.16. The van der Waals surface area contributed by atoms with E-state index < -0.39 is 0 Å². The van der Waals surface area contributed by atoms with Crippen LogP contribution in [0.4, 0.5) is 11.4 Å². The Labute approximate surface area is 125 Å². The first-order valence-corrected chi connectivity index (χ1v) is 7.10. The monoisotopic (exact) mass is 272 g/mol. The SMILES string of the molecule is N#Cc1cccc(N(C2=CCCC=C2)c2ccccc2)c1. The van der Waals surface area contributed by atoms with Gasteiger partial charge in [-0.05, 0) is 49.2 Å².